The minimum absolute atomic E-state index is 0.117. The fraction of sp³-hybridized carbons (Fsp3) is 0.222. The van der Waals surface area contributed by atoms with Gasteiger partial charge in [-0.15, -0.1) is 0 Å². The number of ether oxygens (including phenoxy) is 2. The van der Waals surface area contributed by atoms with E-state index in [-0.39, 0.29) is 15.7 Å². The van der Waals surface area contributed by atoms with Gasteiger partial charge in [-0.25, -0.2) is 9.59 Å². The summed E-state index contributed by atoms with van der Waals surface area (Å²) in [5, 5.41) is 0.800. The van der Waals surface area contributed by atoms with Gasteiger partial charge in [0.15, 0.2) is 0 Å². The van der Waals surface area contributed by atoms with Crippen LogP contribution in [0.3, 0.4) is 0 Å². The number of halogens is 3. The Morgan fingerprint density at radius 2 is 1.24 bits per heavy atom. The van der Waals surface area contributed by atoms with E-state index in [0.717, 1.165) is 16.5 Å². The standard InChI is InChI=1S/C9H8Br2O2.C9H9BrO2/c1-13-9(12)7-4-2-6(3-5-7)8(10)11;1-12-9(11)8-4-2-7(6-10)3-5-8/h2-5,8H,1H3;2-5H,6H2,1H3. The van der Waals surface area contributed by atoms with Crippen molar-refractivity contribution in [2.45, 2.75) is 9.07 Å². The average Bonchev–Trinajstić information content (AvgIpc) is 2.67. The zero-order valence-electron chi connectivity index (χ0n) is 13.7. The van der Waals surface area contributed by atoms with Crippen molar-refractivity contribution in [2.24, 2.45) is 0 Å². The Morgan fingerprint density at radius 1 is 0.840 bits per heavy atom. The molecule has 2 rings (SSSR count). The fourth-order valence-corrected chi connectivity index (χ4v) is 2.71. The van der Waals surface area contributed by atoms with E-state index in [9.17, 15) is 9.59 Å². The lowest BCUT2D eigenvalue weighted by Crippen LogP contribution is -2.00. The summed E-state index contributed by atoms with van der Waals surface area (Å²) in [6, 6.07) is 14.5. The quantitative estimate of drug-likeness (QED) is 0.375. The summed E-state index contributed by atoms with van der Waals surface area (Å²) in [4.78, 5) is 22.0. The largest absolute Gasteiger partial charge is 0.465 e. The first-order valence-corrected chi connectivity index (χ1v) is 10.1. The van der Waals surface area contributed by atoms with Crippen molar-refractivity contribution < 1.29 is 19.1 Å². The Labute approximate surface area is 172 Å². The SMILES string of the molecule is COC(=O)c1ccc(C(Br)Br)cc1.COC(=O)c1ccc(CBr)cc1. The number of esters is 2. The van der Waals surface area contributed by atoms with Gasteiger partial charge in [-0.3, -0.25) is 0 Å². The van der Waals surface area contributed by atoms with Crippen LogP contribution in [-0.2, 0) is 14.8 Å². The summed E-state index contributed by atoms with van der Waals surface area (Å²) in [5.74, 6) is -0.608. The van der Waals surface area contributed by atoms with E-state index >= 15 is 0 Å². The van der Waals surface area contributed by atoms with E-state index in [2.05, 4.69) is 57.3 Å². The second-order valence-electron chi connectivity index (χ2n) is 4.74. The molecular formula is C18H17Br3O4. The fourth-order valence-electron chi connectivity index (χ4n) is 1.73. The molecule has 25 heavy (non-hydrogen) atoms. The van der Waals surface area contributed by atoms with E-state index in [1.807, 2.05) is 24.3 Å². The molecular weight excluding hydrogens is 520 g/mol. The summed E-state index contributed by atoms with van der Waals surface area (Å²) in [6.45, 7) is 0. The van der Waals surface area contributed by atoms with Gasteiger partial charge in [-0.2, -0.15) is 0 Å². The Bertz CT molecular complexity index is 682. The molecule has 134 valence electrons. The van der Waals surface area contributed by atoms with Crippen molar-refractivity contribution in [1.82, 2.24) is 0 Å². The topological polar surface area (TPSA) is 52.6 Å². The highest BCUT2D eigenvalue weighted by Crippen LogP contribution is 2.28. The summed E-state index contributed by atoms with van der Waals surface area (Å²) >= 11 is 10.0. The van der Waals surface area contributed by atoms with Crippen LogP contribution in [-0.4, -0.2) is 26.2 Å². The first-order valence-electron chi connectivity index (χ1n) is 7.12. The normalized spacial score (nSPS) is 9.84. The van der Waals surface area contributed by atoms with Crippen molar-refractivity contribution in [3.63, 3.8) is 0 Å². The summed E-state index contributed by atoms with van der Waals surface area (Å²) < 4.78 is 9.25. The van der Waals surface area contributed by atoms with E-state index in [0.29, 0.717) is 11.1 Å². The molecule has 0 saturated carbocycles. The van der Waals surface area contributed by atoms with Crippen molar-refractivity contribution in [1.29, 1.82) is 0 Å². The van der Waals surface area contributed by atoms with E-state index in [1.54, 1.807) is 24.3 Å². The molecule has 0 N–H and O–H groups in total. The molecule has 2 aromatic rings. The molecule has 0 aliphatic rings. The number of hydrogen-bond donors (Lipinski definition) is 0. The predicted molar refractivity (Wildman–Crippen MR) is 109 cm³/mol. The van der Waals surface area contributed by atoms with Crippen LogP contribution in [0, 0.1) is 0 Å². The maximum absolute atomic E-state index is 11.0. The monoisotopic (exact) mass is 534 g/mol. The number of carbonyl (C=O) groups excluding carboxylic acids is 2. The van der Waals surface area contributed by atoms with Crippen LogP contribution in [0.5, 0.6) is 0 Å². The van der Waals surface area contributed by atoms with Crippen molar-refractivity contribution in [3.05, 3.63) is 70.8 Å². The first-order chi connectivity index (χ1) is 11.9. The Balaban J connectivity index is 0.000000251. The lowest BCUT2D eigenvalue weighted by Gasteiger charge is -2.02. The summed E-state index contributed by atoms with van der Waals surface area (Å²) in [7, 11) is 2.74. The zero-order chi connectivity index (χ0) is 18.8. The molecule has 0 spiro atoms. The van der Waals surface area contributed by atoms with Crippen molar-refractivity contribution in [3.8, 4) is 0 Å². The molecule has 0 bridgehead atoms. The van der Waals surface area contributed by atoms with Crippen molar-refractivity contribution >= 4 is 59.7 Å². The number of benzene rings is 2. The minimum Gasteiger partial charge on any atom is -0.465 e. The number of hydrogen-bond acceptors (Lipinski definition) is 4. The highest BCUT2D eigenvalue weighted by atomic mass is 79.9. The van der Waals surface area contributed by atoms with E-state index in [1.165, 1.54) is 14.2 Å². The molecule has 0 aromatic heterocycles. The predicted octanol–water partition coefficient (Wildman–Crippen LogP) is 5.63. The molecule has 0 heterocycles. The summed E-state index contributed by atoms with van der Waals surface area (Å²) in [6.07, 6.45) is 0. The number of alkyl halides is 3. The zero-order valence-corrected chi connectivity index (χ0v) is 18.4. The van der Waals surface area contributed by atoms with E-state index < -0.39 is 0 Å². The molecule has 2 aromatic carbocycles. The third-order valence-corrected chi connectivity index (χ3v) is 4.82. The minimum atomic E-state index is -0.313. The van der Waals surface area contributed by atoms with Crippen LogP contribution in [0.15, 0.2) is 48.5 Å². The van der Waals surface area contributed by atoms with Crippen LogP contribution < -0.4 is 0 Å². The molecule has 0 radical (unpaired) electrons. The van der Waals surface area contributed by atoms with Crippen LogP contribution in [0.25, 0.3) is 0 Å². The molecule has 0 fully saturated rings. The molecule has 4 nitrogen and oxygen atoms in total. The van der Waals surface area contributed by atoms with Gasteiger partial charge in [-0.05, 0) is 35.4 Å². The molecule has 0 aliphatic carbocycles. The van der Waals surface area contributed by atoms with Gasteiger partial charge in [-0.1, -0.05) is 72.1 Å². The number of rotatable bonds is 4. The number of carbonyl (C=O) groups is 2. The molecule has 0 amide bonds. The van der Waals surface area contributed by atoms with Gasteiger partial charge in [0.05, 0.1) is 29.1 Å². The molecule has 0 atom stereocenters. The second-order valence-corrected chi connectivity index (χ2v) is 8.36. The van der Waals surface area contributed by atoms with Gasteiger partial charge in [0.2, 0.25) is 0 Å². The Morgan fingerprint density at radius 3 is 1.56 bits per heavy atom. The van der Waals surface area contributed by atoms with Gasteiger partial charge >= 0.3 is 11.9 Å². The summed E-state index contributed by atoms with van der Waals surface area (Å²) in [5.41, 5.74) is 3.35. The maximum Gasteiger partial charge on any atom is 0.337 e. The van der Waals surface area contributed by atoms with Gasteiger partial charge in [0, 0.05) is 5.33 Å². The van der Waals surface area contributed by atoms with Crippen LogP contribution >= 0.6 is 47.8 Å². The third kappa shape index (κ3) is 7.30. The molecule has 7 heteroatoms. The molecule has 0 saturated heterocycles. The highest BCUT2D eigenvalue weighted by Gasteiger charge is 2.06. The lowest BCUT2D eigenvalue weighted by atomic mass is 10.1. The van der Waals surface area contributed by atoms with Gasteiger partial charge in [0.25, 0.3) is 0 Å². The Kier molecular flexibility index (Phi) is 10.0. The molecule has 0 aliphatic heterocycles. The highest BCUT2D eigenvalue weighted by molar-refractivity contribution is 9.24. The Hall–Kier alpha value is -1.18. The lowest BCUT2D eigenvalue weighted by molar-refractivity contribution is 0.0592. The van der Waals surface area contributed by atoms with Gasteiger partial charge < -0.3 is 9.47 Å². The van der Waals surface area contributed by atoms with Crippen LogP contribution in [0.1, 0.15) is 35.6 Å². The van der Waals surface area contributed by atoms with Crippen LogP contribution in [0.4, 0.5) is 0 Å². The van der Waals surface area contributed by atoms with E-state index in [4.69, 9.17) is 0 Å². The van der Waals surface area contributed by atoms with Gasteiger partial charge in [0.1, 0.15) is 0 Å². The maximum atomic E-state index is 11.0. The smallest absolute Gasteiger partial charge is 0.337 e. The third-order valence-electron chi connectivity index (χ3n) is 3.11. The number of methoxy groups -OCH3 is 2. The van der Waals surface area contributed by atoms with Crippen molar-refractivity contribution in [2.75, 3.05) is 14.2 Å². The van der Waals surface area contributed by atoms with Crippen LogP contribution in [0.2, 0.25) is 0 Å². The average molecular weight is 537 g/mol. The first kappa shape index (κ1) is 21.9. The second kappa shape index (κ2) is 11.4. The molecule has 0 unspecified atom stereocenters.